The van der Waals surface area contributed by atoms with Crippen LogP contribution < -0.4 is 4.74 Å². The van der Waals surface area contributed by atoms with Crippen molar-refractivity contribution in [2.24, 2.45) is 0 Å². The SMILES string of the molecule is Cc1ccc(C(=O)Oc2ccc(Cl)cc2Br)cc1. The van der Waals surface area contributed by atoms with E-state index in [2.05, 4.69) is 15.9 Å². The summed E-state index contributed by atoms with van der Waals surface area (Å²) < 4.78 is 5.93. The second-order valence-electron chi connectivity index (χ2n) is 3.83. The van der Waals surface area contributed by atoms with Gasteiger partial charge in [0.15, 0.2) is 0 Å². The van der Waals surface area contributed by atoms with E-state index < -0.39 is 5.97 Å². The molecule has 2 rings (SSSR count). The third-order valence-electron chi connectivity index (χ3n) is 2.38. The maximum atomic E-state index is 11.9. The summed E-state index contributed by atoms with van der Waals surface area (Å²) in [5.74, 6) is 0.0583. The van der Waals surface area contributed by atoms with Gasteiger partial charge in [0.1, 0.15) is 5.75 Å². The fourth-order valence-corrected chi connectivity index (χ4v) is 2.17. The number of halogens is 2. The first-order valence-corrected chi connectivity index (χ1v) is 6.47. The highest BCUT2D eigenvalue weighted by molar-refractivity contribution is 9.10. The van der Waals surface area contributed by atoms with E-state index in [1.165, 1.54) is 0 Å². The Kier molecular flexibility index (Phi) is 4.04. The number of carbonyl (C=O) groups is 1. The first-order valence-electron chi connectivity index (χ1n) is 5.30. The Labute approximate surface area is 119 Å². The lowest BCUT2D eigenvalue weighted by Gasteiger charge is -2.06. The van der Waals surface area contributed by atoms with E-state index in [0.717, 1.165) is 5.56 Å². The fraction of sp³-hybridized carbons (Fsp3) is 0.0714. The molecule has 2 nitrogen and oxygen atoms in total. The van der Waals surface area contributed by atoms with Crippen molar-refractivity contribution in [3.8, 4) is 5.75 Å². The maximum Gasteiger partial charge on any atom is 0.343 e. The molecular weight excluding hydrogens is 316 g/mol. The monoisotopic (exact) mass is 324 g/mol. The Hall–Kier alpha value is -1.32. The van der Waals surface area contributed by atoms with E-state index in [1.807, 2.05) is 19.1 Å². The highest BCUT2D eigenvalue weighted by atomic mass is 79.9. The van der Waals surface area contributed by atoms with E-state index in [-0.39, 0.29) is 0 Å². The molecule has 0 unspecified atom stereocenters. The number of ether oxygens (including phenoxy) is 1. The predicted octanol–water partition coefficient (Wildman–Crippen LogP) is 4.63. The molecule has 0 spiro atoms. The van der Waals surface area contributed by atoms with Gasteiger partial charge in [0.2, 0.25) is 0 Å². The number of carbonyl (C=O) groups excluding carboxylic acids is 1. The zero-order chi connectivity index (χ0) is 13.1. The Morgan fingerprint density at radius 1 is 1.17 bits per heavy atom. The summed E-state index contributed by atoms with van der Waals surface area (Å²) in [6.45, 7) is 1.96. The molecule has 0 aromatic heterocycles. The molecular formula is C14H10BrClO2. The molecule has 0 N–H and O–H groups in total. The average molecular weight is 326 g/mol. The smallest absolute Gasteiger partial charge is 0.343 e. The molecule has 0 atom stereocenters. The number of hydrogen-bond acceptors (Lipinski definition) is 2. The molecule has 0 aliphatic rings. The zero-order valence-electron chi connectivity index (χ0n) is 9.61. The topological polar surface area (TPSA) is 26.3 Å². The quantitative estimate of drug-likeness (QED) is 0.594. The lowest BCUT2D eigenvalue weighted by atomic mass is 10.1. The van der Waals surface area contributed by atoms with Crippen LogP contribution >= 0.6 is 27.5 Å². The van der Waals surface area contributed by atoms with Gasteiger partial charge in [0, 0.05) is 5.02 Å². The summed E-state index contributed by atoms with van der Waals surface area (Å²) in [7, 11) is 0. The summed E-state index contributed by atoms with van der Waals surface area (Å²) in [5, 5.41) is 0.581. The van der Waals surface area contributed by atoms with E-state index in [1.54, 1.807) is 30.3 Å². The van der Waals surface area contributed by atoms with Gasteiger partial charge in [-0.15, -0.1) is 0 Å². The number of rotatable bonds is 2. The summed E-state index contributed by atoms with van der Waals surface area (Å²) in [6.07, 6.45) is 0. The van der Waals surface area contributed by atoms with Gasteiger partial charge >= 0.3 is 5.97 Å². The van der Waals surface area contributed by atoms with Crippen molar-refractivity contribution >= 4 is 33.5 Å². The van der Waals surface area contributed by atoms with Crippen LogP contribution in [0, 0.1) is 6.92 Å². The minimum atomic E-state index is -0.391. The summed E-state index contributed by atoms with van der Waals surface area (Å²) in [5.41, 5.74) is 1.61. The Balaban J connectivity index is 2.18. The van der Waals surface area contributed by atoms with Crippen LogP contribution in [0.4, 0.5) is 0 Å². The van der Waals surface area contributed by atoms with Crippen molar-refractivity contribution in [1.29, 1.82) is 0 Å². The first kappa shape index (κ1) is 13.1. The number of aryl methyl sites for hydroxylation is 1. The van der Waals surface area contributed by atoms with Crippen LogP contribution in [0.3, 0.4) is 0 Å². The highest BCUT2D eigenvalue weighted by Gasteiger charge is 2.10. The molecule has 0 radical (unpaired) electrons. The third kappa shape index (κ3) is 3.12. The van der Waals surface area contributed by atoms with Gasteiger partial charge in [0.25, 0.3) is 0 Å². The molecule has 18 heavy (non-hydrogen) atoms. The van der Waals surface area contributed by atoms with E-state index >= 15 is 0 Å². The number of hydrogen-bond donors (Lipinski definition) is 0. The number of esters is 1. The van der Waals surface area contributed by atoms with Crippen LogP contribution in [0.2, 0.25) is 5.02 Å². The van der Waals surface area contributed by atoms with Gasteiger partial charge in [-0.25, -0.2) is 4.79 Å². The van der Waals surface area contributed by atoms with Crippen LogP contribution in [-0.4, -0.2) is 5.97 Å². The number of benzene rings is 2. The van der Waals surface area contributed by atoms with Gasteiger partial charge in [-0.1, -0.05) is 29.3 Å². The summed E-state index contributed by atoms with van der Waals surface area (Å²) in [4.78, 5) is 11.9. The standard InChI is InChI=1S/C14H10BrClO2/c1-9-2-4-10(5-3-9)14(17)18-13-7-6-11(16)8-12(13)15/h2-8H,1H3. The molecule has 92 valence electrons. The molecule has 0 bridgehead atoms. The summed E-state index contributed by atoms with van der Waals surface area (Å²) in [6, 6.07) is 12.2. The van der Waals surface area contributed by atoms with Crippen molar-refractivity contribution in [2.45, 2.75) is 6.92 Å². The second-order valence-corrected chi connectivity index (χ2v) is 5.12. The molecule has 0 aliphatic carbocycles. The second kappa shape index (κ2) is 5.55. The molecule has 0 saturated heterocycles. The van der Waals surface area contributed by atoms with Gasteiger partial charge in [0.05, 0.1) is 10.0 Å². The van der Waals surface area contributed by atoms with E-state index in [4.69, 9.17) is 16.3 Å². The molecule has 4 heteroatoms. The van der Waals surface area contributed by atoms with E-state index in [9.17, 15) is 4.79 Å². The highest BCUT2D eigenvalue weighted by Crippen LogP contribution is 2.28. The van der Waals surface area contributed by atoms with Crippen LogP contribution in [0.15, 0.2) is 46.9 Å². The zero-order valence-corrected chi connectivity index (χ0v) is 12.0. The van der Waals surface area contributed by atoms with Crippen molar-refractivity contribution in [3.63, 3.8) is 0 Å². The molecule has 0 aliphatic heterocycles. The lowest BCUT2D eigenvalue weighted by Crippen LogP contribution is -2.08. The van der Waals surface area contributed by atoms with Crippen LogP contribution in [0.5, 0.6) is 5.75 Å². The molecule has 2 aromatic rings. The first-order chi connectivity index (χ1) is 8.56. The van der Waals surface area contributed by atoms with E-state index in [0.29, 0.717) is 20.8 Å². The minimum Gasteiger partial charge on any atom is -0.422 e. The van der Waals surface area contributed by atoms with Crippen molar-refractivity contribution in [1.82, 2.24) is 0 Å². The normalized spacial score (nSPS) is 10.2. The van der Waals surface area contributed by atoms with Crippen molar-refractivity contribution < 1.29 is 9.53 Å². The largest absolute Gasteiger partial charge is 0.422 e. The third-order valence-corrected chi connectivity index (χ3v) is 3.24. The van der Waals surface area contributed by atoms with Crippen LogP contribution in [0.1, 0.15) is 15.9 Å². The van der Waals surface area contributed by atoms with Gasteiger partial charge < -0.3 is 4.74 Å². The minimum absolute atomic E-state index is 0.391. The Bertz CT molecular complexity index is 579. The molecule has 0 amide bonds. The molecule has 0 saturated carbocycles. The van der Waals surface area contributed by atoms with Gasteiger partial charge in [-0.3, -0.25) is 0 Å². The van der Waals surface area contributed by atoms with Crippen molar-refractivity contribution in [2.75, 3.05) is 0 Å². The van der Waals surface area contributed by atoms with Crippen LogP contribution in [0.25, 0.3) is 0 Å². The van der Waals surface area contributed by atoms with Gasteiger partial charge in [-0.2, -0.15) is 0 Å². The maximum absolute atomic E-state index is 11.9. The van der Waals surface area contributed by atoms with Crippen molar-refractivity contribution in [3.05, 3.63) is 63.1 Å². The fourth-order valence-electron chi connectivity index (χ4n) is 1.41. The average Bonchev–Trinajstić information content (AvgIpc) is 2.33. The lowest BCUT2D eigenvalue weighted by molar-refractivity contribution is 0.0733. The summed E-state index contributed by atoms with van der Waals surface area (Å²) >= 11 is 9.12. The van der Waals surface area contributed by atoms with Gasteiger partial charge in [-0.05, 0) is 53.2 Å². The predicted molar refractivity (Wildman–Crippen MR) is 75.3 cm³/mol. The Morgan fingerprint density at radius 3 is 2.44 bits per heavy atom. The molecule has 0 fully saturated rings. The Morgan fingerprint density at radius 2 is 1.83 bits per heavy atom. The molecule has 2 aromatic carbocycles. The van der Waals surface area contributed by atoms with Crippen LogP contribution in [-0.2, 0) is 0 Å². The molecule has 0 heterocycles.